The number of carboxylic acids is 1. The van der Waals surface area contributed by atoms with Crippen LogP contribution in [0, 0.1) is 0 Å². The Hall–Kier alpha value is -0.353. The van der Waals surface area contributed by atoms with Gasteiger partial charge in [0, 0.05) is 0 Å². The van der Waals surface area contributed by atoms with Crippen LogP contribution >= 0.6 is 0 Å². The summed E-state index contributed by atoms with van der Waals surface area (Å²) in [4.78, 5) is 21.4. The molecule has 3 nitrogen and oxygen atoms in total. The SMILES string of the molecule is CC(C)(C)[Si](O)(CC(=O)O)C(C)(C)C. The van der Waals surface area contributed by atoms with E-state index in [-0.39, 0.29) is 16.1 Å². The lowest BCUT2D eigenvalue weighted by molar-refractivity contribution is -0.134. The Morgan fingerprint density at radius 3 is 1.43 bits per heavy atom. The monoisotopic (exact) mass is 218 g/mol. The van der Waals surface area contributed by atoms with E-state index in [1.807, 2.05) is 41.5 Å². The van der Waals surface area contributed by atoms with Crippen molar-refractivity contribution in [1.82, 2.24) is 0 Å². The first-order valence-corrected chi connectivity index (χ1v) is 7.01. The summed E-state index contributed by atoms with van der Waals surface area (Å²) in [6.07, 6.45) is 0. The molecule has 0 atom stereocenters. The molecule has 0 bridgehead atoms. The maximum Gasteiger partial charge on any atom is 0.302 e. The second kappa shape index (κ2) is 3.66. The minimum Gasteiger partial charge on any atom is -0.481 e. The molecule has 0 aromatic rings. The third-order valence-corrected chi connectivity index (χ3v) is 8.67. The van der Waals surface area contributed by atoms with Crippen LogP contribution in [0.15, 0.2) is 0 Å². The first-order valence-electron chi connectivity index (χ1n) is 4.86. The van der Waals surface area contributed by atoms with Gasteiger partial charge in [0.1, 0.15) is 0 Å². The van der Waals surface area contributed by atoms with E-state index in [1.54, 1.807) is 0 Å². The summed E-state index contributed by atoms with van der Waals surface area (Å²) in [5.41, 5.74) is 0. The second-order valence-electron chi connectivity index (χ2n) is 5.93. The van der Waals surface area contributed by atoms with Crippen molar-refractivity contribution in [1.29, 1.82) is 0 Å². The van der Waals surface area contributed by atoms with Gasteiger partial charge in [0.2, 0.25) is 8.32 Å². The van der Waals surface area contributed by atoms with E-state index in [0.717, 1.165) is 0 Å². The highest BCUT2D eigenvalue weighted by molar-refractivity contribution is 6.80. The van der Waals surface area contributed by atoms with E-state index in [0.29, 0.717) is 0 Å². The lowest BCUT2D eigenvalue weighted by Gasteiger charge is -2.46. The second-order valence-corrected chi connectivity index (χ2v) is 11.0. The number of hydrogen-bond acceptors (Lipinski definition) is 2. The zero-order valence-electron chi connectivity index (χ0n) is 10.0. The van der Waals surface area contributed by atoms with Crippen LogP contribution in [0.25, 0.3) is 0 Å². The molecule has 84 valence electrons. The smallest absolute Gasteiger partial charge is 0.302 e. The topological polar surface area (TPSA) is 57.5 Å². The van der Waals surface area contributed by atoms with Gasteiger partial charge in [-0.2, -0.15) is 0 Å². The molecule has 0 heterocycles. The Morgan fingerprint density at radius 2 is 1.36 bits per heavy atom. The predicted octanol–water partition coefficient (Wildman–Crippen LogP) is 2.61. The molecular weight excluding hydrogens is 196 g/mol. The first kappa shape index (κ1) is 13.6. The fraction of sp³-hybridized carbons (Fsp3) is 0.900. The minimum atomic E-state index is -2.82. The van der Waals surface area contributed by atoms with Crippen LogP contribution < -0.4 is 0 Å². The van der Waals surface area contributed by atoms with E-state index in [4.69, 9.17) is 5.11 Å². The lowest BCUT2D eigenvalue weighted by atomic mass is 10.2. The van der Waals surface area contributed by atoms with Gasteiger partial charge in [0.05, 0.1) is 6.04 Å². The average Bonchev–Trinajstić information content (AvgIpc) is 1.79. The summed E-state index contributed by atoms with van der Waals surface area (Å²) < 4.78 is 0. The van der Waals surface area contributed by atoms with Gasteiger partial charge in [-0.15, -0.1) is 0 Å². The summed E-state index contributed by atoms with van der Waals surface area (Å²) in [5, 5.41) is 8.22. The molecule has 0 radical (unpaired) electrons. The predicted molar refractivity (Wildman–Crippen MR) is 59.8 cm³/mol. The number of hydrogen-bond donors (Lipinski definition) is 2. The molecule has 4 heteroatoms. The van der Waals surface area contributed by atoms with Gasteiger partial charge in [-0.3, -0.25) is 4.79 Å². The maximum absolute atomic E-state index is 10.8. The zero-order valence-corrected chi connectivity index (χ0v) is 11.0. The van der Waals surface area contributed by atoms with Crippen LogP contribution in [0.3, 0.4) is 0 Å². The molecule has 0 fully saturated rings. The fourth-order valence-corrected chi connectivity index (χ4v) is 5.62. The Balaban J connectivity index is 5.18. The van der Waals surface area contributed by atoms with Crippen LogP contribution in [-0.4, -0.2) is 24.2 Å². The van der Waals surface area contributed by atoms with E-state index in [9.17, 15) is 9.59 Å². The van der Waals surface area contributed by atoms with Gasteiger partial charge in [0.15, 0.2) is 0 Å². The maximum atomic E-state index is 10.8. The van der Waals surface area contributed by atoms with Crippen molar-refractivity contribution in [3.8, 4) is 0 Å². The summed E-state index contributed by atoms with van der Waals surface area (Å²) in [5.74, 6) is -0.899. The van der Waals surface area contributed by atoms with Crippen molar-refractivity contribution in [2.75, 3.05) is 0 Å². The molecule has 2 N–H and O–H groups in total. The zero-order chi connectivity index (χ0) is 11.8. The summed E-state index contributed by atoms with van der Waals surface area (Å²) in [6.45, 7) is 11.5. The molecule has 14 heavy (non-hydrogen) atoms. The van der Waals surface area contributed by atoms with Crippen LogP contribution in [0.4, 0.5) is 0 Å². The van der Waals surface area contributed by atoms with Gasteiger partial charge in [-0.1, -0.05) is 41.5 Å². The Labute approximate surface area is 87.3 Å². The molecule has 0 spiro atoms. The molecule has 0 saturated heterocycles. The van der Waals surface area contributed by atoms with Crippen molar-refractivity contribution < 1.29 is 14.7 Å². The van der Waals surface area contributed by atoms with Gasteiger partial charge >= 0.3 is 5.97 Å². The third kappa shape index (κ3) is 2.57. The first-order chi connectivity index (χ1) is 5.92. The molecule has 0 aliphatic rings. The van der Waals surface area contributed by atoms with E-state index >= 15 is 0 Å². The van der Waals surface area contributed by atoms with Gasteiger partial charge < -0.3 is 9.90 Å². The highest BCUT2D eigenvalue weighted by Gasteiger charge is 2.53. The normalized spacial score (nSPS) is 14.2. The van der Waals surface area contributed by atoms with Crippen molar-refractivity contribution >= 4 is 14.3 Å². The summed E-state index contributed by atoms with van der Waals surface area (Å²) in [7, 11) is -2.82. The van der Waals surface area contributed by atoms with Crippen LogP contribution in [0.1, 0.15) is 41.5 Å². The quantitative estimate of drug-likeness (QED) is 0.700. The molecule has 0 aliphatic carbocycles. The lowest BCUT2D eigenvalue weighted by Crippen LogP contribution is -2.53. The van der Waals surface area contributed by atoms with Crippen LogP contribution in [-0.2, 0) is 4.79 Å². The van der Waals surface area contributed by atoms with E-state index in [1.165, 1.54) is 0 Å². The van der Waals surface area contributed by atoms with E-state index in [2.05, 4.69) is 0 Å². The molecule has 0 aromatic heterocycles. The van der Waals surface area contributed by atoms with Crippen LogP contribution in [0.5, 0.6) is 0 Å². The number of carbonyl (C=O) groups is 1. The third-order valence-electron chi connectivity index (χ3n) is 2.89. The van der Waals surface area contributed by atoms with Gasteiger partial charge in [-0.05, 0) is 10.1 Å². The number of carboxylic acid groups (broad SMARTS) is 1. The molecule has 0 aromatic carbocycles. The van der Waals surface area contributed by atoms with Gasteiger partial charge in [0.25, 0.3) is 0 Å². The highest BCUT2D eigenvalue weighted by Crippen LogP contribution is 2.51. The van der Waals surface area contributed by atoms with Crippen molar-refractivity contribution in [3.63, 3.8) is 0 Å². The largest absolute Gasteiger partial charge is 0.481 e. The molecule has 0 amide bonds. The Morgan fingerprint density at radius 1 is 1.07 bits per heavy atom. The van der Waals surface area contributed by atoms with Crippen molar-refractivity contribution in [2.45, 2.75) is 57.7 Å². The molecule has 0 rings (SSSR count). The molecule has 0 saturated carbocycles. The van der Waals surface area contributed by atoms with Crippen molar-refractivity contribution in [3.05, 3.63) is 0 Å². The minimum absolute atomic E-state index is 0.0833. The summed E-state index contributed by atoms with van der Waals surface area (Å²) in [6, 6.07) is -0.0833. The van der Waals surface area contributed by atoms with Gasteiger partial charge in [-0.25, -0.2) is 0 Å². The molecule has 0 aliphatic heterocycles. The number of aliphatic carboxylic acids is 1. The van der Waals surface area contributed by atoms with Crippen molar-refractivity contribution in [2.24, 2.45) is 0 Å². The number of rotatable bonds is 2. The Bertz CT molecular complexity index is 209. The molecular formula is C10H22O3Si. The summed E-state index contributed by atoms with van der Waals surface area (Å²) >= 11 is 0. The molecule has 0 unspecified atom stereocenters. The highest BCUT2D eigenvalue weighted by atomic mass is 28.4. The fourth-order valence-electron chi connectivity index (χ4n) is 1.87. The van der Waals surface area contributed by atoms with E-state index < -0.39 is 14.3 Å². The average molecular weight is 218 g/mol. The standard InChI is InChI=1S/C10H22O3Si/c1-9(2,3)14(13,7-8(11)12)10(4,5)6/h13H,7H2,1-6H3,(H,11,12). The Kier molecular flexibility index (Phi) is 3.57. The van der Waals surface area contributed by atoms with Crippen LogP contribution in [0.2, 0.25) is 16.1 Å².